The fraction of sp³-hybridized carbons (Fsp3) is 0.567. The van der Waals surface area contributed by atoms with E-state index in [0.29, 0.717) is 5.56 Å². The van der Waals surface area contributed by atoms with Crippen molar-refractivity contribution in [1.29, 1.82) is 0 Å². The number of carbonyl (C=O) groups is 1. The van der Waals surface area contributed by atoms with E-state index in [1.165, 1.54) is 37.1 Å². The topological polar surface area (TPSA) is 81.6 Å². The Morgan fingerprint density at radius 3 is 2.19 bits per heavy atom. The molecule has 3 rings (SSSR count). The van der Waals surface area contributed by atoms with Crippen LogP contribution in [0.5, 0.6) is 0 Å². The molecule has 1 aliphatic carbocycles. The van der Waals surface area contributed by atoms with Crippen molar-refractivity contribution >= 4 is 5.91 Å². The summed E-state index contributed by atoms with van der Waals surface area (Å²) in [6, 6.07) is 10.9. The third-order valence-corrected chi connectivity index (χ3v) is 7.35. The molecular formula is C30H42F2N2O3. The average Bonchev–Trinajstić information content (AvgIpc) is 2.81. The highest BCUT2D eigenvalue weighted by Gasteiger charge is 2.36. The zero-order valence-electron chi connectivity index (χ0n) is 22.7. The van der Waals surface area contributed by atoms with Gasteiger partial charge in [0.25, 0.3) is 5.91 Å². The lowest BCUT2D eigenvalue weighted by Gasteiger charge is -2.41. The van der Waals surface area contributed by atoms with Gasteiger partial charge in [-0.2, -0.15) is 0 Å². The predicted molar refractivity (Wildman–Crippen MR) is 142 cm³/mol. The van der Waals surface area contributed by atoms with Crippen molar-refractivity contribution in [2.45, 2.75) is 102 Å². The van der Waals surface area contributed by atoms with Crippen LogP contribution in [0.25, 0.3) is 0 Å². The molecule has 0 aromatic heterocycles. The van der Waals surface area contributed by atoms with E-state index >= 15 is 0 Å². The number of hydrogen-bond donors (Lipinski definition) is 4. The highest BCUT2D eigenvalue weighted by molar-refractivity contribution is 5.84. The van der Waals surface area contributed by atoms with Crippen LogP contribution >= 0.6 is 0 Å². The Morgan fingerprint density at radius 1 is 1.00 bits per heavy atom. The number of halogens is 2. The summed E-state index contributed by atoms with van der Waals surface area (Å²) in [5.41, 5.74) is 0.727. The van der Waals surface area contributed by atoms with E-state index in [9.17, 15) is 23.8 Å². The predicted octanol–water partition coefficient (Wildman–Crippen LogP) is 4.87. The van der Waals surface area contributed by atoms with E-state index < -0.39 is 35.3 Å². The molecule has 4 N–H and O–H groups in total. The summed E-state index contributed by atoms with van der Waals surface area (Å²) in [6.45, 7) is 9.41. The summed E-state index contributed by atoms with van der Waals surface area (Å²) < 4.78 is 27.7. The Morgan fingerprint density at radius 2 is 1.62 bits per heavy atom. The molecular weight excluding hydrogens is 474 g/mol. The normalized spacial score (nSPS) is 17.8. The Kier molecular flexibility index (Phi) is 9.14. The minimum Gasteiger partial charge on any atom is -0.390 e. The minimum atomic E-state index is -1.67. The maximum atomic E-state index is 13.8. The van der Waals surface area contributed by atoms with Crippen molar-refractivity contribution in [2.75, 3.05) is 6.54 Å². The van der Waals surface area contributed by atoms with Gasteiger partial charge in [-0.3, -0.25) is 4.79 Å². The molecule has 37 heavy (non-hydrogen) atoms. The summed E-state index contributed by atoms with van der Waals surface area (Å²) in [5.74, 6) is -2.12. The third-order valence-electron chi connectivity index (χ3n) is 7.35. The largest absolute Gasteiger partial charge is 0.390 e. The highest BCUT2D eigenvalue weighted by Crippen LogP contribution is 2.38. The Balaban J connectivity index is 1.85. The lowest BCUT2D eigenvalue weighted by Crippen LogP contribution is -2.56. The molecule has 0 bridgehead atoms. The van der Waals surface area contributed by atoms with Crippen molar-refractivity contribution in [2.24, 2.45) is 0 Å². The van der Waals surface area contributed by atoms with Gasteiger partial charge in [-0.25, -0.2) is 8.78 Å². The van der Waals surface area contributed by atoms with Crippen LogP contribution in [0, 0.1) is 11.6 Å². The summed E-state index contributed by atoms with van der Waals surface area (Å²) in [4.78, 5) is 12.6. The first-order chi connectivity index (χ1) is 17.2. The van der Waals surface area contributed by atoms with Gasteiger partial charge in [-0.15, -0.1) is 0 Å². The van der Waals surface area contributed by atoms with E-state index in [2.05, 4.69) is 55.7 Å². The van der Waals surface area contributed by atoms with Crippen LogP contribution in [0.2, 0.25) is 0 Å². The summed E-state index contributed by atoms with van der Waals surface area (Å²) in [7, 11) is 0. The van der Waals surface area contributed by atoms with Crippen LogP contribution < -0.4 is 10.6 Å². The first-order valence-electron chi connectivity index (χ1n) is 13.2. The second-order valence-electron chi connectivity index (χ2n) is 12.0. The van der Waals surface area contributed by atoms with E-state index in [0.717, 1.165) is 38.2 Å². The molecule has 1 aliphatic rings. The maximum absolute atomic E-state index is 13.8. The molecule has 7 heteroatoms. The van der Waals surface area contributed by atoms with Gasteiger partial charge >= 0.3 is 0 Å². The number of carbonyl (C=O) groups excluding carboxylic acids is 1. The second kappa shape index (κ2) is 11.6. The fourth-order valence-corrected chi connectivity index (χ4v) is 5.06. The Bertz CT molecular complexity index is 1050. The summed E-state index contributed by atoms with van der Waals surface area (Å²) in [6.07, 6.45) is 4.05. The first kappa shape index (κ1) is 29.2. The number of aliphatic hydroxyl groups excluding tert-OH is 1. The second-order valence-corrected chi connectivity index (χ2v) is 12.0. The fourth-order valence-electron chi connectivity index (χ4n) is 5.06. The van der Waals surface area contributed by atoms with E-state index in [1.807, 2.05) is 0 Å². The summed E-state index contributed by atoms with van der Waals surface area (Å²) in [5, 5.41) is 27.7. The van der Waals surface area contributed by atoms with Gasteiger partial charge < -0.3 is 20.8 Å². The third kappa shape index (κ3) is 7.82. The molecule has 0 spiro atoms. The smallest absolute Gasteiger partial charge is 0.251 e. The molecule has 0 saturated heterocycles. The van der Waals surface area contributed by atoms with Crippen LogP contribution in [0.4, 0.5) is 8.78 Å². The zero-order chi connectivity index (χ0) is 27.4. The van der Waals surface area contributed by atoms with Gasteiger partial charge in [0.05, 0.1) is 12.1 Å². The molecule has 1 saturated carbocycles. The Hall–Kier alpha value is -2.35. The van der Waals surface area contributed by atoms with E-state index in [1.54, 1.807) is 0 Å². The number of amides is 1. The Labute approximate surface area is 219 Å². The monoisotopic (exact) mass is 516 g/mol. The lowest BCUT2D eigenvalue weighted by atomic mass is 9.74. The quantitative estimate of drug-likeness (QED) is 0.383. The number of aliphatic hydroxyl groups is 2. The standard InChI is InChI=1S/C30H42F2N2O3/c1-28(2,3)21-10-9-11-22(17-21)30(12-7-6-8-13-30)33-19-26(35)25(34-27(36)29(4,5)37)16-20-14-23(31)18-24(32)15-20/h9-11,14-15,17-18,25-26,33,35,37H,6-8,12-13,16,19H2,1-5H3,(H,34,36). The van der Waals surface area contributed by atoms with Crippen molar-refractivity contribution in [3.63, 3.8) is 0 Å². The molecule has 204 valence electrons. The van der Waals surface area contributed by atoms with E-state index in [4.69, 9.17) is 0 Å². The van der Waals surface area contributed by atoms with Gasteiger partial charge in [-0.1, -0.05) is 64.3 Å². The van der Waals surface area contributed by atoms with Crippen LogP contribution in [0.1, 0.15) is 83.4 Å². The first-order valence-corrected chi connectivity index (χ1v) is 13.2. The SMILES string of the molecule is CC(C)(O)C(=O)NC(Cc1cc(F)cc(F)c1)C(O)CNC1(c2cccc(C(C)(C)C)c2)CCCCC1. The van der Waals surface area contributed by atoms with Crippen LogP contribution in [0.15, 0.2) is 42.5 Å². The van der Waals surface area contributed by atoms with Gasteiger partial charge in [0, 0.05) is 18.2 Å². The molecule has 0 heterocycles. The van der Waals surface area contributed by atoms with Crippen molar-refractivity contribution in [3.8, 4) is 0 Å². The molecule has 2 aromatic carbocycles. The lowest BCUT2D eigenvalue weighted by molar-refractivity contribution is -0.138. The number of nitrogens with one attached hydrogen (secondary N) is 2. The minimum absolute atomic E-state index is 0.00190. The molecule has 0 radical (unpaired) electrons. The maximum Gasteiger partial charge on any atom is 0.251 e. The number of hydrogen-bond acceptors (Lipinski definition) is 4. The van der Waals surface area contributed by atoms with Crippen LogP contribution in [0.3, 0.4) is 0 Å². The van der Waals surface area contributed by atoms with Gasteiger partial charge in [0.2, 0.25) is 0 Å². The molecule has 2 unspecified atom stereocenters. The molecule has 2 atom stereocenters. The number of benzene rings is 2. The molecule has 1 fully saturated rings. The van der Waals surface area contributed by atoms with E-state index in [-0.39, 0.29) is 23.9 Å². The molecule has 2 aromatic rings. The van der Waals surface area contributed by atoms with Crippen molar-refractivity contribution in [1.82, 2.24) is 10.6 Å². The molecule has 1 amide bonds. The average molecular weight is 517 g/mol. The van der Waals surface area contributed by atoms with Gasteiger partial charge in [0.1, 0.15) is 17.2 Å². The van der Waals surface area contributed by atoms with Gasteiger partial charge in [-0.05, 0) is 67.3 Å². The number of rotatable bonds is 9. The van der Waals surface area contributed by atoms with Crippen molar-refractivity contribution < 1.29 is 23.8 Å². The van der Waals surface area contributed by atoms with Crippen molar-refractivity contribution in [3.05, 3.63) is 70.8 Å². The summed E-state index contributed by atoms with van der Waals surface area (Å²) >= 11 is 0. The van der Waals surface area contributed by atoms with Crippen LogP contribution in [-0.4, -0.2) is 40.4 Å². The molecule has 5 nitrogen and oxygen atoms in total. The zero-order valence-corrected chi connectivity index (χ0v) is 22.7. The van der Waals surface area contributed by atoms with Crippen LogP contribution in [-0.2, 0) is 22.2 Å². The van der Waals surface area contributed by atoms with Gasteiger partial charge in [0.15, 0.2) is 0 Å². The molecule has 0 aliphatic heterocycles. The highest BCUT2D eigenvalue weighted by atomic mass is 19.1.